The van der Waals surface area contributed by atoms with E-state index in [-0.39, 0.29) is 0 Å². The van der Waals surface area contributed by atoms with Crippen LogP contribution in [0.4, 0.5) is 5.69 Å². The van der Waals surface area contributed by atoms with Crippen LogP contribution in [0.1, 0.15) is 6.92 Å². The number of likely N-dealkylation sites (N-methyl/N-ethyl adjacent to an activating group) is 1. The lowest BCUT2D eigenvalue weighted by atomic mass is 10.1. The van der Waals surface area contributed by atoms with Crippen molar-refractivity contribution in [2.45, 2.75) is 19.0 Å². The van der Waals surface area contributed by atoms with Gasteiger partial charge in [0, 0.05) is 35.8 Å². The van der Waals surface area contributed by atoms with Crippen LogP contribution < -0.4 is 10.2 Å². The molecule has 0 bridgehead atoms. The van der Waals surface area contributed by atoms with Gasteiger partial charge in [-0.25, -0.2) is 0 Å². The highest BCUT2D eigenvalue weighted by Crippen LogP contribution is 2.22. The molecule has 0 spiro atoms. The molecule has 100 valence electrons. The van der Waals surface area contributed by atoms with Crippen LogP contribution in [0.15, 0.2) is 28.7 Å². The number of nitrogens with one attached hydrogen (secondary N) is 1. The van der Waals surface area contributed by atoms with E-state index in [0.717, 1.165) is 24.1 Å². The van der Waals surface area contributed by atoms with Gasteiger partial charge in [-0.1, -0.05) is 15.9 Å². The van der Waals surface area contributed by atoms with Gasteiger partial charge in [-0.2, -0.15) is 0 Å². The SMILES string of the molecule is CC1CN(c2ccc(Br)cc2)C(CN(C)C)CN1. The number of benzene rings is 1. The predicted octanol–water partition coefficient (Wildman–Crippen LogP) is 2.18. The van der Waals surface area contributed by atoms with Crippen LogP contribution in [-0.4, -0.2) is 50.7 Å². The molecular formula is C14H22BrN3. The molecule has 0 radical (unpaired) electrons. The zero-order valence-corrected chi connectivity index (χ0v) is 12.9. The quantitative estimate of drug-likeness (QED) is 0.923. The molecule has 2 unspecified atom stereocenters. The summed E-state index contributed by atoms with van der Waals surface area (Å²) < 4.78 is 1.14. The van der Waals surface area contributed by atoms with E-state index < -0.39 is 0 Å². The van der Waals surface area contributed by atoms with Gasteiger partial charge in [0.15, 0.2) is 0 Å². The molecule has 1 aromatic rings. The van der Waals surface area contributed by atoms with Crippen molar-refractivity contribution >= 4 is 21.6 Å². The molecule has 0 aromatic heterocycles. The van der Waals surface area contributed by atoms with Gasteiger partial charge in [0.25, 0.3) is 0 Å². The van der Waals surface area contributed by atoms with E-state index in [1.165, 1.54) is 5.69 Å². The second kappa shape index (κ2) is 6.04. The van der Waals surface area contributed by atoms with Gasteiger partial charge in [0.2, 0.25) is 0 Å². The Bertz CT molecular complexity index is 377. The number of halogens is 1. The second-order valence-corrected chi connectivity index (χ2v) is 6.27. The first-order valence-electron chi connectivity index (χ1n) is 6.46. The minimum absolute atomic E-state index is 0.539. The molecule has 0 aliphatic carbocycles. The lowest BCUT2D eigenvalue weighted by Crippen LogP contribution is -2.58. The van der Waals surface area contributed by atoms with Crippen LogP contribution in [0.5, 0.6) is 0 Å². The van der Waals surface area contributed by atoms with Crippen LogP contribution in [0.25, 0.3) is 0 Å². The third-order valence-electron chi connectivity index (χ3n) is 3.35. The maximum Gasteiger partial charge on any atom is 0.0542 e. The van der Waals surface area contributed by atoms with E-state index in [1.807, 2.05) is 0 Å². The molecule has 1 aromatic carbocycles. The Morgan fingerprint density at radius 2 is 2.00 bits per heavy atom. The molecule has 4 heteroatoms. The molecule has 1 N–H and O–H groups in total. The van der Waals surface area contributed by atoms with Crippen molar-refractivity contribution < 1.29 is 0 Å². The first-order chi connectivity index (χ1) is 8.56. The van der Waals surface area contributed by atoms with E-state index in [1.54, 1.807) is 0 Å². The standard InChI is InChI=1S/C14H22BrN3/c1-11-9-18(13-6-4-12(15)5-7-13)14(8-16-11)10-17(2)3/h4-7,11,14,16H,8-10H2,1-3H3. The highest BCUT2D eigenvalue weighted by Gasteiger charge is 2.26. The van der Waals surface area contributed by atoms with Crippen molar-refractivity contribution in [2.75, 3.05) is 38.6 Å². The van der Waals surface area contributed by atoms with Crippen LogP contribution in [0, 0.1) is 0 Å². The number of nitrogens with zero attached hydrogens (tertiary/aromatic N) is 2. The first-order valence-corrected chi connectivity index (χ1v) is 7.26. The summed E-state index contributed by atoms with van der Waals surface area (Å²) in [5.74, 6) is 0. The number of piperazine rings is 1. The minimum Gasteiger partial charge on any atom is -0.364 e. The molecule has 3 nitrogen and oxygen atoms in total. The maximum atomic E-state index is 3.57. The third kappa shape index (κ3) is 3.46. The summed E-state index contributed by atoms with van der Waals surface area (Å²) in [6.45, 7) is 5.45. The molecule has 2 atom stereocenters. The molecule has 1 saturated heterocycles. The number of anilines is 1. The normalized spacial score (nSPS) is 24.6. The van der Waals surface area contributed by atoms with Crippen LogP contribution in [0.2, 0.25) is 0 Å². The van der Waals surface area contributed by atoms with E-state index in [0.29, 0.717) is 12.1 Å². The molecule has 1 fully saturated rings. The summed E-state index contributed by atoms with van der Waals surface area (Å²) in [6, 6.07) is 9.73. The summed E-state index contributed by atoms with van der Waals surface area (Å²) in [7, 11) is 4.27. The Labute approximate surface area is 118 Å². The predicted molar refractivity (Wildman–Crippen MR) is 81.3 cm³/mol. The Morgan fingerprint density at radius 1 is 1.33 bits per heavy atom. The minimum atomic E-state index is 0.539. The van der Waals surface area contributed by atoms with E-state index in [9.17, 15) is 0 Å². The monoisotopic (exact) mass is 311 g/mol. The number of hydrogen-bond donors (Lipinski definition) is 1. The fourth-order valence-corrected chi connectivity index (χ4v) is 2.75. The molecule has 0 saturated carbocycles. The average Bonchev–Trinajstić information content (AvgIpc) is 2.32. The van der Waals surface area contributed by atoms with Gasteiger partial charge in [-0.3, -0.25) is 0 Å². The molecule has 1 aliphatic rings. The van der Waals surface area contributed by atoms with Crippen LogP contribution >= 0.6 is 15.9 Å². The summed E-state index contributed by atoms with van der Waals surface area (Å²) in [5.41, 5.74) is 1.32. The Hall–Kier alpha value is -0.580. The highest BCUT2D eigenvalue weighted by atomic mass is 79.9. The highest BCUT2D eigenvalue weighted by molar-refractivity contribution is 9.10. The van der Waals surface area contributed by atoms with Crippen molar-refractivity contribution in [3.8, 4) is 0 Å². The van der Waals surface area contributed by atoms with Crippen molar-refractivity contribution in [3.63, 3.8) is 0 Å². The molecule has 1 aliphatic heterocycles. The Balaban J connectivity index is 2.16. The summed E-state index contributed by atoms with van der Waals surface area (Å²) in [5, 5.41) is 3.57. The maximum absolute atomic E-state index is 3.57. The van der Waals surface area contributed by atoms with Crippen molar-refractivity contribution in [1.29, 1.82) is 0 Å². The van der Waals surface area contributed by atoms with Crippen molar-refractivity contribution in [3.05, 3.63) is 28.7 Å². The van der Waals surface area contributed by atoms with Crippen molar-refractivity contribution in [1.82, 2.24) is 10.2 Å². The summed E-state index contributed by atoms with van der Waals surface area (Å²) >= 11 is 3.50. The fourth-order valence-electron chi connectivity index (χ4n) is 2.49. The lowest BCUT2D eigenvalue weighted by molar-refractivity contribution is 0.317. The molecule has 18 heavy (non-hydrogen) atoms. The number of rotatable bonds is 3. The second-order valence-electron chi connectivity index (χ2n) is 5.35. The smallest absolute Gasteiger partial charge is 0.0542 e. The summed E-state index contributed by atoms with van der Waals surface area (Å²) in [6.07, 6.45) is 0. The average molecular weight is 312 g/mol. The van der Waals surface area contributed by atoms with Crippen LogP contribution in [0.3, 0.4) is 0 Å². The lowest BCUT2D eigenvalue weighted by Gasteiger charge is -2.42. The van der Waals surface area contributed by atoms with Crippen molar-refractivity contribution in [2.24, 2.45) is 0 Å². The van der Waals surface area contributed by atoms with Gasteiger partial charge in [0.1, 0.15) is 0 Å². The van der Waals surface area contributed by atoms with E-state index >= 15 is 0 Å². The zero-order valence-electron chi connectivity index (χ0n) is 11.4. The van der Waals surface area contributed by atoms with Gasteiger partial charge in [-0.15, -0.1) is 0 Å². The Morgan fingerprint density at radius 3 is 2.61 bits per heavy atom. The number of hydrogen-bond acceptors (Lipinski definition) is 3. The van der Waals surface area contributed by atoms with Gasteiger partial charge in [-0.05, 0) is 45.3 Å². The molecule has 0 amide bonds. The van der Waals surface area contributed by atoms with Gasteiger partial charge >= 0.3 is 0 Å². The first kappa shape index (κ1) is 13.8. The largest absolute Gasteiger partial charge is 0.364 e. The van der Waals surface area contributed by atoms with E-state index in [2.05, 4.69) is 76.3 Å². The molecule has 1 heterocycles. The summed E-state index contributed by atoms with van der Waals surface area (Å²) in [4.78, 5) is 4.78. The van der Waals surface area contributed by atoms with E-state index in [4.69, 9.17) is 0 Å². The van der Waals surface area contributed by atoms with Gasteiger partial charge in [0.05, 0.1) is 6.04 Å². The van der Waals surface area contributed by atoms with Crippen LogP contribution in [-0.2, 0) is 0 Å². The molecule has 2 rings (SSSR count). The Kier molecular flexibility index (Phi) is 4.65. The molecular weight excluding hydrogens is 290 g/mol. The third-order valence-corrected chi connectivity index (χ3v) is 3.88. The fraction of sp³-hybridized carbons (Fsp3) is 0.571. The topological polar surface area (TPSA) is 18.5 Å². The zero-order chi connectivity index (χ0) is 13.1. The van der Waals surface area contributed by atoms with Gasteiger partial charge < -0.3 is 15.1 Å².